The zero-order valence-corrected chi connectivity index (χ0v) is 11.1. The van der Waals surface area contributed by atoms with Crippen LogP contribution in [0.3, 0.4) is 0 Å². The minimum Gasteiger partial charge on any atom is -0.480 e. The smallest absolute Gasteiger partial charge is 0.320 e. The summed E-state index contributed by atoms with van der Waals surface area (Å²) >= 11 is 0. The minimum atomic E-state index is -0.718. The van der Waals surface area contributed by atoms with Crippen molar-refractivity contribution in [3.8, 4) is 0 Å². The van der Waals surface area contributed by atoms with Crippen molar-refractivity contribution < 1.29 is 14.6 Å². The van der Waals surface area contributed by atoms with Gasteiger partial charge < -0.3 is 15.2 Å². The van der Waals surface area contributed by atoms with E-state index in [1.165, 1.54) is 12.8 Å². The number of carboxylic acid groups (broad SMARTS) is 1. The maximum Gasteiger partial charge on any atom is 0.320 e. The molecule has 0 aliphatic heterocycles. The van der Waals surface area contributed by atoms with Crippen LogP contribution >= 0.6 is 0 Å². The van der Waals surface area contributed by atoms with Gasteiger partial charge in [-0.2, -0.15) is 0 Å². The van der Waals surface area contributed by atoms with E-state index >= 15 is 0 Å². The highest BCUT2D eigenvalue weighted by atomic mass is 16.5. The lowest BCUT2D eigenvalue weighted by Crippen LogP contribution is -2.42. The number of hydrogen-bond donors (Lipinski definition) is 2. The number of nitrogens with zero attached hydrogens (tertiary/aromatic N) is 1. The number of hydrogen-bond acceptors (Lipinski definition) is 4. The van der Waals surface area contributed by atoms with Gasteiger partial charge in [-0.3, -0.25) is 9.69 Å². The number of methoxy groups -OCH3 is 1. The lowest BCUT2D eigenvalue weighted by molar-refractivity contribution is -0.139. The third kappa shape index (κ3) is 4.55. The van der Waals surface area contributed by atoms with E-state index < -0.39 is 5.97 Å². The number of ether oxygens (including phenoxy) is 1. The van der Waals surface area contributed by atoms with Gasteiger partial charge in [0.05, 0.1) is 6.61 Å². The second kappa shape index (κ2) is 6.50. The summed E-state index contributed by atoms with van der Waals surface area (Å²) < 4.78 is 5.11. The van der Waals surface area contributed by atoms with Crippen molar-refractivity contribution in [2.24, 2.45) is 0 Å². The lowest BCUT2D eigenvalue weighted by atomic mass is 10.2. The second-order valence-electron chi connectivity index (χ2n) is 5.38. The maximum atomic E-state index is 11.2. The van der Waals surface area contributed by atoms with Gasteiger partial charge in [-0.25, -0.2) is 0 Å². The van der Waals surface area contributed by atoms with Gasteiger partial charge in [-0.15, -0.1) is 0 Å². The molecule has 1 atom stereocenters. The summed E-state index contributed by atoms with van der Waals surface area (Å²) in [6, 6.07) is 0.719. The van der Waals surface area contributed by atoms with Gasteiger partial charge in [-0.05, 0) is 32.1 Å². The quantitative estimate of drug-likeness (QED) is 0.602. The Morgan fingerprint density at radius 3 is 2.61 bits per heavy atom. The summed E-state index contributed by atoms with van der Waals surface area (Å²) in [5.41, 5.74) is 0. The van der Waals surface area contributed by atoms with Crippen molar-refractivity contribution >= 4 is 5.97 Å². The normalized spacial score (nSPS) is 21.2. The van der Waals surface area contributed by atoms with Crippen LogP contribution in [0.15, 0.2) is 0 Å². The third-order valence-electron chi connectivity index (χ3n) is 3.66. The molecule has 2 aliphatic carbocycles. The molecule has 0 amide bonds. The van der Waals surface area contributed by atoms with Gasteiger partial charge in [0, 0.05) is 32.3 Å². The van der Waals surface area contributed by atoms with E-state index in [0.29, 0.717) is 18.5 Å². The van der Waals surface area contributed by atoms with Crippen LogP contribution in [-0.2, 0) is 9.53 Å². The van der Waals surface area contributed by atoms with Crippen molar-refractivity contribution in [1.29, 1.82) is 0 Å². The van der Waals surface area contributed by atoms with Crippen LogP contribution in [-0.4, -0.2) is 60.9 Å². The largest absolute Gasteiger partial charge is 0.480 e. The molecule has 1 unspecified atom stereocenters. The van der Waals surface area contributed by atoms with E-state index in [0.717, 1.165) is 32.5 Å². The molecule has 2 N–H and O–H groups in total. The molecular formula is C13H24N2O3. The fourth-order valence-electron chi connectivity index (χ4n) is 2.23. The number of aliphatic carboxylic acids is 1. The first kappa shape index (κ1) is 13.8. The van der Waals surface area contributed by atoms with Crippen molar-refractivity contribution in [1.82, 2.24) is 10.2 Å². The molecule has 0 radical (unpaired) electrons. The highest BCUT2D eigenvalue weighted by Gasteiger charge is 2.31. The van der Waals surface area contributed by atoms with Gasteiger partial charge in [0.25, 0.3) is 0 Å². The zero-order chi connectivity index (χ0) is 13.0. The molecule has 5 heteroatoms. The monoisotopic (exact) mass is 256 g/mol. The van der Waals surface area contributed by atoms with Crippen molar-refractivity contribution in [2.75, 3.05) is 26.8 Å². The Kier molecular flexibility index (Phi) is 4.97. The van der Waals surface area contributed by atoms with Crippen molar-refractivity contribution in [3.05, 3.63) is 0 Å². The Morgan fingerprint density at radius 1 is 1.39 bits per heavy atom. The van der Waals surface area contributed by atoms with Gasteiger partial charge >= 0.3 is 5.97 Å². The summed E-state index contributed by atoms with van der Waals surface area (Å²) in [6.07, 6.45) is 5.43. The highest BCUT2D eigenvalue weighted by Crippen LogP contribution is 2.27. The average Bonchev–Trinajstić information content (AvgIpc) is 3.20. The molecule has 5 nitrogen and oxygen atoms in total. The molecule has 2 saturated carbocycles. The van der Waals surface area contributed by atoms with Crippen LogP contribution in [0, 0.1) is 0 Å². The topological polar surface area (TPSA) is 61.8 Å². The van der Waals surface area contributed by atoms with E-state index in [1.807, 2.05) is 0 Å². The molecule has 104 valence electrons. The number of carboxylic acids is 1. The Bertz CT molecular complexity index is 277. The summed E-state index contributed by atoms with van der Waals surface area (Å²) in [6.45, 7) is 2.49. The van der Waals surface area contributed by atoms with Crippen LogP contribution in [0.25, 0.3) is 0 Å². The minimum absolute atomic E-state index is 0.388. The van der Waals surface area contributed by atoms with Gasteiger partial charge in [-0.1, -0.05) is 0 Å². The van der Waals surface area contributed by atoms with Crippen LogP contribution in [0.2, 0.25) is 0 Å². The standard InChI is InChI=1S/C13H24N2O3/c1-18-9-8-15(11-4-5-11)7-6-12(13(16)17)14-10-2-3-10/h10-12,14H,2-9H2,1H3,(H,16,17). The second-order valence-corrected chi connectivity index (χ2v) is 5.38. The zero-order valence-electron chi connectivity index (χ0n) is 11.1. The predicted octanol–water partition coefficient (Wildman–Crippen LogP) is 0.693. The van der Waals surface area contributed by atoms with Gasteiger partial charge in [0.15, 0.2) is 0 Å². The fraction of sp³-hybridized carbons (Fsp3) is 0.923. The molecule has 0 saturated heterocycles. The molecule has 2 rings (SSSR count). The average molecular weight is 256 g/mol. The summed E-state index contributed by atoms with van der Waals surface area (Å²) in [7, 11) is 1.71. The van der Waals surface area contributed by atoms with Crippen molar-refractivity contribution in [2.45, 2.75) is 50.2 Å². The predicted molar refractivity (Wildman–Crippen MR) is 68.7 cm³/mol. The Labute approximate surface area is 108 Å². The number of rotatable bonds is 10. The molecule has 0 spiro atoms. The highest BCUT2D eigenvalue weighted by molar-refractivity contribution is 5.73. The van der Waals surface area contributed by atoms with Crippen molar-refractivity contribution in [3.63, 3.8) is 0 Å². The van der Waals surface area contributed by atoms with Crippen LogP contribution < -0.4 is 5.32 Å². The van der Waals surface area contributed by atoms with E-state index in [-0.39, 0.29) is 6.04 Å². The van der Waals surface area contributed by atoms with Gasteiger partial charge in [0.2, 0.25) is 0 Å². The molecule has 2 fully saturated rings. The molecular weight excluding hydrogens is 232 g/mol. The lowest BCUT2D eigenvalue weighted by Gasteiger charge is -2.23. The van der Waals surface area contributed by atoms with Crippen LogP contribution in [0.5, 0.6) is 0 Å². The molecule has 0 bridgehead atoms. The molecule has 18 heavy (non-hydrogen) atoms. The van der Waals surface area contributed by atoms with E-state index in [4.69, 9.17) is 4.74 Å². The fourth-order valence-corrected chi connectivity index (χ4v) is 2.23. The number of nitrogens with one attached hydrogen (secondary N) is 1. The molecule has 2 aliphatic rings. The molecule has 0 heterocycles. The first-order chi connectivity index (χ1) is 8.70. The Morgan fingerprint density at radius 2 is 2.11 bits per heavy atom. The Balaban J connectivity index is 1.72. The molecule has 0 aromatic rings. The Hall–Kier alpha value is -0.650. The molecule has 0 aromatic carbocycles. The summed E-state index contributed by atoms with van der Waals surface area (Å²) in [5.74, 6) is -0.718. The van der Waals surface area contributed by atoms with Gasteiger partial charge in [0.1, 0.15) is 6.04 Å². The molecule has 0 aromatic heterocycles. The third-order valence-corrected chi connectivity index (χ3v) is 3.66. The summed E-state index contributed by atoms with van der Waals surface area (Å²) in [4.78, 5) is 13.5. The SMILES string of the molecule is COCCN(CCC(NC1CC1)C(=O)O)C1CC1. The summed E-state index contributed by atoms with van der Waals surface area (Å²) in [5, 5.41) is 12.4. The van der Waals surface area contributed by atoms with E-state index in [1.54, 1.807) is 7.11 Å². The maximum absolute atomic E-state index is 11.2. The first-order valence-electron chi connectivity index (χ1n) is 6.92. The van der Waals surface area contributed by atoms with Crippen LogP contribution in [0.4, 0.5) is 0 Å². The number of carbonyl (C=O) groups is 1. The van der Waals surface area contributed by atoms with Crippen LogP contribution in [0.1, 0.15) is 32.1 Å². The van der Waals surface area contributed by atoms with E-state index in [9.17, 15) is 9.90 Å². The van der Waals surface area contributed by atoms with E-state index in [2.05, 4.69) is 10.2 Å². The first-order valence-corrected chi connectivity index (χ1v) is 6.92.